The number of hydrogen-bond acceptors (Lipinski definition) is 3. The molecule has 0 aromatic carbocycles. The van der Waals surface area contributed by atoms with E-state index in [4.69, 9.17) is 0 Å². The van der Waals surface area contributed by atoms with E-state index in [9.17, 15) is 4.79 Å². The van der Waals surface area contributed by atoms with E-state index >= 15 is 0 Å². The van der Waals surface area contributed by atoms with Gasteiger partial charge in [-0.3, -0.25) is 9.36 Å². The SMILES string of the molecule is Cc1nc(C2CC2)cc(=O)n1C1CCCNC1. The highest BCUT2D eigenvalue weighted by Crippen LogP contribution is 2.38. The molecule has 1 aromatic rings. The first-order valence-electron chi connectivity index (χ1n) is 6.56. The van der Waals surface area contributed by atoms with Crippen molar-refractivity contribution in [2.75, 3.05) is 13.1 Å². The molecule has 0 radical (unpaired) electrons. The summed E-state index contributed by atoms with van der Waals surface area (Å²) in [6.07, 6.45) is 4.61. The van der Waals surface area contributed by atoms with Crippen LogP contribution >= 0.6 is 0 Å². The highest BCUT2D eigenvalue weighted by molar-refractivity contribution is 5.15. The van der Waals surface area contributed by atoms with E-state index in [1.54, 1.807) is 6.07 Å². The Labute approximate surface area is 101 Å². The minimum absolute atomic E-state index is 0.133. The maximum Gasteiger partial charge on any atom is 0.254 e. The van der Waals surface area contributed by atoms with Crippen LogP contribution in [0.1, 0.15) is 49.2 Å². The van der Waals surface area contributed by atoms with Crippen molar-refractivity contribution in [1.29, 1.82) is 0 Å². The fourth-order valence-corrected chi connectivity index (χ4v) is 2.71. The van der Waals surface area contributed by atoms with Crippen LogP contribution < -0.4 is 10.9 Å². The van der Waals surface area contributed by atoms with Gasteiger partial charge in [-0.25, -0.2) is 4.98 Å². The Morgan fingerprint density at radius 2 is 2.24 bits per heavy atom. The monoisotopic (exact) mass is 233 g/mol. The van der Waals surface area contributed by atoms with Gasteiger partial charge in [0.1, 0.15) is 5.82 Å². The van der Waals surface area contributed by atoms with E-state index in [1.807, 2.05) is 11.5 Å². The van der Waals surface area contributed by atoms with Gasteiger partial charge in [0, 0.05) is 18.5 Å². The topological polar surface area (TPSA) is 46.9 Å². The number of nitrogens with zero attached hydrogens (tertiary/aromatic N) is 2. The lowest BCUT2D eigenvalue weighted by Gasteiger charge is -2.26. The Bertz CT molecular complexity index is 470. The summed E-state index contributed by atoms with van der Waals surface area (Å²) in [5.41, 5.74) is 1.14. The number of piperidine rings is 1. The van der Waals surface area contributed by atoms with Crippen molar-refractivity contribution in [2.24, 2.45) is 0 Å². The van der Waals surface area contributed by atoms with Crippen LogP contribution in [-0.4, -0.2) is 22.6 Å². The summed E-state index contributed by atoms with van der Waals surface area (Å²) >= 11 is 0. The van der Waals surface area contributed by atoms with Crippen LogP contribution in [0.3, 0.4) is 0 Å². The van der Waals surface area contributed by atoms with Gasteiger partial charge in [0.25, 0.3) is 5.56 Å². The second kappa shape index (κ2) is 4.26. The molecule has 17 heavy (non-hydrogen) atoms. The molecule has 0 amide bonds. The highest BCUT2D eigenvalue weighted by atomic mass is 16.1. The lowest BCUT2D eigenvalue weighted by molar-refractivity contribution is 0.355. The van der Waals surface area contributed by atoms with Crippen molar-refractivity contribution in [1.82, 2.24) is 14.9 Å². The number of aryl methyl sites for hydroxylation is 1. The molecule has 2 aliphatic rings. The molecule has 1 atom stereocenters. The fraction of sp³-hybridized carbons (Fsp3) is 0.692. The van der Waals surface area contributed by atoms with Crippen LogP contribution in [0.15, 0.2) is 10.9 Å². The van der Waals surface area contributed by atoms with Gasteiger partial charge in [0.2, 0.25) is 0 Å². The molecule has 92 valence electrons. The molecule has 0 bridgehead atoms. The molecule has 2 fully saturated rings. The average molecular weight is 233 g/mol. The summed E-state index contributed by atoms with van der Waals surface area (Å²) < 4.78 is 1.87. The molecule has 1 saturated carbocycles. The summed E-state index contributed by atoms with van der Waals surface area (Å²) in [6.45, 7) is 3.92. The molecule has 4 heteroatoms. The van der Waals surface area contributed by atoms with Crippen LogP contribution in [0.25, 0.3) is 0 Å². The van der Waals surface area contributed by atoms with E-state index in [0.717, 1.165) is 37.4 Å². The molecular formula is C13H19N3O. The lowest BCUT2D eigenvalue weighted by atomic mass is 10.1. The van der Waals surface area contributed by atoms with Gasteiger partial charge in [-0.05, 0) is 39.2 Å². The Hall–Kier alpha value is -1.16. The first-order valence-corrected chi connectivity index (χ1v) is 6.56. The van der Waals surface area contributed by atoms with Crippen LogP contribution in [0, 0.1) is 6.92 Å². The minimum Gasteiger partial charge on any atom is -0.315 e. The molecule has 2 heterocycles. The smallest absolute Gasteiger partial charge is 0.254 e. The van der Waals surface area contributed by atoms with Crippen molar-refractivity contribution in [2.45, 2.75) is 44.6 Å². The Balaban J connectivity index is 1.95. The van der Waals surface area contributed by atoms with Crippen molar-refractivity contribution in [3.05, 3.63) is 27.9 Å². The number of nitrogens with one attached hydrogen (secondary N) is 1. The van der Waals surface area contributed by atoms with Gasteiger partial charge in [-0.1, -0.05) is 0 Å². The van der Waals surface area contributed by atoms with Crippen molar-refractivity contribution >= 4 is 0 Å². The van der Waals surface area contributed by atoms with Crippen LogP contribution in [-0.2, 0) is 0 Å². The predicted octanol–water partition coefficient (Wildman–Crippen LogP) is 1.35. The Kier molecular flexibility index (Phi) is 2.74. The molecule has 3 rings (SSSR count). The molecule has 4 nitrogen and oxygen atoms in total. The van der Waals surface area contributed by atoms with E-state index in [-0.39, 0.29) is 11.6 Å². The molecule has 1 saturated heterocycles. The third kappa shape index (κ3) is 2.14. The van der Waals surface area contributed by atoms with E-state index in [0.29, 0.717) is 5.92 Å². The van der Waals surface area contributed by atoms with E-state index in [2.05, 4.69) is 10.3 Å². The first kappa shape index (κ1) is 11.0. The van der Waals surface area contributed by atoms with Crippen molar-refractivity contribution in [3.8, 4) is 0 Å². The summed E-state index contributed by atoms with van der Waals surface area (Å²) in [5, 5.41) is 3.35. The maximum absolute atomic E-state index is 12.2. The molecule has 1 unspecified atom stereocenters. The highest BCUT2D eigenvalue weighted by Gasteiger charge is 2.27. The Morgan fingerprint density at radius 1 is 1.41 bits per heavy atom. The van der Waals surface area contributed by atoms with Crippen molar-refractivity contribution in [3.63, 3.8) is 0 Å². The summed E-state index contributed by atoms with van der Waals surface area (Å²) in [6, 6.07) is 2.04. The summed E-state index contributed by atoms with van der Waals surface area (Å²) in [5.74, 6) is 1.44. The zero-order chi connectivity index (χ0) is 11.8. The van der Waals surface area contributed by atoms with Gasteiger partial charge in [-0.2, -0.15) is 0 Å². The summed E-state index contributed by atoms with van der Waals surface area (Å²) in [7, 11) is 0. The summed E-state index contributed by atoms with van der Waals surface area (Å²) in [4.78, 5) is 16.8. The average Bonchev–Trinajstić information content (AvgIpc) is 3.13. The third-order valence-corrected chi connectivity index (χ3v) is 3.78. The van der Waals surface area contributed by atoms with Gasteiger partial charge < -0.3 is 5.32 Å². The number of hydrogen-bond donors (Lipinski definition) is 1. The van der Waals surface area contributed by atoms with E-state index < -0.39 is 0 Å². The molecule has 1 aliphatic carbocycles. The molecular weight excluding hydrogens is 214 g/mol. The normalized spacial score (nSPS) is 24.9. The third-order valence-electron chi connectivity index (χ3n) is 3.78. The molecule has 1 aliphatic heterocycles. The second-order valence-electron chi connectivity index (χ2n) is 5.21. The number of aromatic nitrogens is 2. The second-order valence-corrected chi connectivity index (χ2v) is 5.21. The lowest BCUT2D eigenvalue weighted by Crippen LogP contribution is -2.38. The standard InChI is InChI=1S/C13H19N3O/c1-9-15-12(10-4-5-10)7-13(17)16(9)11-3-2-6-14-8-11/h7,10-11,14H,2-6,8H2,1H3. The Morgan fingerprint density at radius 3 is 2.82 bits per heavy atom. The number of rotatable bonds is 2. The van der Waals surface area contributed by atoms with Crippen molar-refractivity contribution < 1.29 is 0 Å². The molecule has 0 spiro atoms. The zero-order valence-corrected chi connectivity index (χ0v) is 10.3. The van der Waals surface area contributed by atoms with Gasteiger partial charge in [0.05, 0.1) is 11.7 Å². The van der Waals surface area contributed by atoms with Gasteiger partial charge in [0.15, 0.2) is 0 Å². The zero-order valence-electron chi connectivity index (χ0n) is 10.3. The largest absolute Gasteiger partial charge is 0.315 e. The van der Waals surface area contributed by atoms with Gasteiger partial charge >= 0.3 is 0 Å². The predicted molar refractivity (Wildman–Crippen MR) is 66.3 cm³/mol. The maximum atomic E-state index is 12.2. The quantitative estimate of drug-likeness (QED) is 0.839. The van der Waals surface area contributed by atoms with Crippen LogP contribution in [0.2, 0.25) is 0 Å². The van der Waals surface area contributed by atoms with E-state index in [1.165, 1.54) is 12.8 Å². The van der Waals surface area contributed by atoms with Crippen LogP contribution in [0.5, 0.6) is 0 Å². The minimum atomic E-state index is 0.133. The fourth-order valence-electron chi connectivity index (χ4n) is 2.71. The molecule has 1 N–H and O–H groups in total. The van der Waals surface area contributed by atoms with Gasteiger partial charge in [-0.15, -0.1) is 0 Å². The molecule has 1 aromatic heterocycles. The van der Waals surface area contributed by atoms with Crippen LogP contribution in [0.4, 0.5) is 0 Å². The first-order chi connectivity index (χ1) is 8.25.